The van der Waals surface area contributed by atoms with Crippen molar-refractivity contribution in [3.63, 3.8) is 0 Å². The van der Waals surface area contributed by atoms with E-state index in [1.54, 1.807) is 0 Å². The summed E-state index contributed by atoms with van der Waals surface area (Å²) in [4.78, 5) is 9.25. The number of aromatic nitrogens is 2. The topological polar surface area (TPSA) is 25.8 Å². The molecular formula is C25H31AsN2. The Bertz CT molecular complexity index is 899. The van der Waals surface area contributed by atoms with Gasteiger partial charge in [-0.15, -0.1) is 0 Å². The summed E-state index contributed by atoms with van der Waals surface area (Å²) in [6.45, 7) is 4.78. The van der Waals surface area contributed by atoms with E-state index in [1.807, 2.05) is 18.5 Å². The number of fused-ring (bicyclic) bond motifs is 1. The average molecular weight is 434 g/mol. The Morgan fingerprint density at radius 2 is 1.71 bits per heavy atom. The first kappa shape index (κ1) is 19.6. The molecule has 0 radical (unpaired) electrons. The molecule has 0 N–H and O–H groups in total. The minimum absolute atomic E-state index is 0.182. The molecule has 2 nitrogen and oxygen atoms in total. The number of nitrogens with zero attached hydrogens (tertiary/aromatic N) is 2. The molecule has 0 aliphatic heterocycles. The second kappa shape index (κ2) is 9.22. The Kier molecular flexibility index (Phi) is 6.47. The number of hydrogen-bond acceptors (Lipinski definition) is 2. The maximum atomic E-state index is 5.01. The fraction of sp³-hybridized carbons (Fsp3) is 0.440. The summed E-state index contributed by atoms with van der Waals surface area (Å²) in [5.74, 6) is 1.79. The van der Waals surface area contributed by atoms with Crippen LogP contribution in [0.1, 0.15) is 50.7 Å². The molecule has 1 aliphatic rings. The van der Waals surface area contributed by atoms with Crippen LogP contribution in [0.2, 0.25) is 4.71 Å². The van der Waals surface area contributed by atoms with Crippen molar-refractivity contribution in [1.29, 1.82) is 0 Å². The fourth-order valence-electron chi connectivity index (χ4n) is 4.51. The van der Waals surface area contributed by atoms with Crippen molar-refractivity contribution in [2.75, 3.05) is 0 Å². The van der Waals surface area contributed by atoms with Gasteiger partial charge >= 0.3 is 176 Å². The van der Waals surface area contributed by atoms with Crippen molar-refractivity contribution in [2.24, 2.45) is 11.8 Å². The third kappa shape index (κ3) is 4.66. The van der Waals surface area contributed by atoms with Crippen molar-refractivity contribution in [3.8, 4) is 0 Å². The molecule has 1 atom stereocenters. The van der Waals surface area contributed by atoms with E-state index in [4.69, 9.17) is 4.98 Å². The van der Waals surface area contributed by atoms with Crippen LogP contribution in [0.25, 0.3) is 10.8 Å². The Morgan fingerprint density at radius 3 is 2.43 bits per heavy atom. The van der Waals surface area contributed by atoms with Gasteiger partial charge < -0.3 is 0 Å². The number of pyridine rings is 2. The quantitative estimate of drug-likeness (QED) is 0.504. The first-order valence-corrected chi connectivity index (χ1v) is 13.0. The van der Waals surface area contributed by atoms with E-state index < -0.39 is 0 Å². The van der Waals surface area contributed by atoms with Gasteiger partial charge in [-0.3, -0.25) is 0 Å². The summed E-state index contributed by atoms with van der Waals surface area (Å²) < 4.78 is 2.35. The Labute approximate surface area is 175 Å². The number of benzene rings is 1. The summed E-state index contributed by atoms with van der Waals surface area (Å²) in [5.41, 5.74) is 2.67. The Hall–Kier alpha value is -1.66. The summed E-state index contributed by atoms with van der Waals surface area (Å²) in [7, 11) is 0. The van der Waals surface area contributed by atoms with Crippen molar-refractivity contribution in [2.45, 2.75) is 57.1 Å². The number of aryl methyl sites for hydroxylation is 2. The molecule has 1 saturated carbocycles. The molecule has 0 spiro atoms. The normalized spacial score (nSPS) is 20.4. The minimum atomic E-state index is -0.182. The van der Waals surface area contributed by atoms with Crippen LogP contribution < -0.4 is 4.48 Å². The molecule has 3 heteroatoms. The molecule has 1 unspecified atom stereocenters. The van der Waals surface area contributed by atoms with Gasteiger partial charge in [0.2, 0.25) is 0 Å². The van der Waals surface area contributed by atoms with Crippen LogP contribution in [0.4, 0.5) is 0 Å². The average Bonchev–Trinajstić information content (AvgIpc) is 2.74. The van der Waals surface area contributed by atoms with Gasteiger partial charge in [0.15, 0.2) is 0 Å². The van der Waals surface area contributed by atoms with Crippen LogP contribution >= 0.6 is 0 Å². The van der Waals surface area contributed by atoms with Crippen LogP contribution in [0.5, 0.6) is 0 Å². The zero-order valence-electron chi connectivity index (χ0n) is 17.1. The molecular weight excluding hydrogens is 403 g/mol. The predicted molar refractivity (Wildman–Crippen MR) is 121 cm³/mol. The molecule has 4 rings (SSSR count). The standard InChI is InChI=1S/C25H31AsN2/c1-18(2)20-11-13-22(14-12-20)26-25-24-8-4-3-7-23(24)21(17-28-25)10-9-19-6-5-15-27-16-19/h3-8,15-18,20,22,26H,9-14H2,1-2H3. The van der Waals surface area contributed by atoms with Gasteiger partial charge in [-0.05, 0) is 0 Å². The molecule has 2 heterocycles. The van der Waals surface area contributed by atoms with Crippen molar-refractivity contribution in [1.82, 2.24) is 9.97 Å². The van der Waals surface area contributed by atoms with Crippen LogP contribution in [0.15, 0.2) is 55.0 Å². The van der Waals surface area contributed by atoms with Crippen LogP contribution in [-0.2, 0) is 12.8 Å². The SMILES string of the molecule is CC(C)C1CCC([AsH]c2ncc(CCc3cccnc3)c3ccccc23)CC1. The third-order valence-corrected chi connectivity index (χ3v) is 9.82. The van der Waals surface area contributed by atoms with E-state index in [9.17, 15) is 0 Å². The molecule has 3 aromatic rings. The van der Waals surface area contributed by atoms with E-state index in [0.29, 0.717) is 0 Å². The third-order valence-electron chi connectivity index (χ3n) is 6.34. The van der Waals surface area contributed by atoms with Crippen LogP contribution in [-0.4, -0.2) is 25.7 Å². The van der Waals surface area contributed by atoms with Crippen LogP contribution in [0.3, 0.4) is 0 Å². The molecule has 0 saturated heterocycles. The van der Waals surface area contributed by atoms with E-state index in [2.05, 4.69) is 55.4 Å². The zero-order valence-corrected chi connectivity index (χ0v) is 19.2. The molecule has 1 aliphatic carbocycles. The van der Waals surface area contributed by atoms with Crippen molar-refractivity contribution < 1.29 is 0 Å². The second-order valence-corrected chi connectivity index (χ2v) is 11.9. The van der Waals surface area contributed by atoms with Crippen molar-refractivity contribution >= 4 is 31.0 Å². The summed E-state index contributed by atoms with van der Waals surface area (Å²) in [6, 6.07) is 13.1. The van der Waals surface area contributed by atoms with Crippen LogP contribution in [0, 0.1) is 11.8 Å². The van der Waals surface area contributed by atoms with E-state index in [0.717, 1.165) is 29.4 Å². The molecule has 28 heavy (non-hydrogen) atoms. The second-order valence-electron chi connectivity index (χ2n) is 8.54. The Balaban J connectivity index is 1.49. The zero-order chi connectivity index (χ0) is 19.3. The van der Waals surface area contributed by atoms with E-state index in [-0.39, 0.29) is 15.8 Å². The summed E-state index contributed by atoms with van der Waals surface area (Å²) in [6.07, 6.45) is 13.7. The maximum absolute atomic E-state index is 5.01. The van der Waals surface area contributed by atoms with Gasteiger partial charge in [-0.2, -0.15) is 0 Å². The van der Waals surface area contributed by atoms with Gasteiger partial charge in [-0.25, -0.2) is 0 Å². The van der Waals surface area contributed by atoms with Gasteiger partial charge in [0, 0.05) is 0 Å². The fourth-order valence-corrected chi connectivity index (χ4v) is 7.71. The van der Waals surface area contributed by atoms with Gasteiger partial charge in [-0.1, -0.05) is 0 Å². The Morgan fingerprint density at radius 1 is 0.929 bits per heavy atom. The molecule has 1 aromatic carbocycles. The van der Waals surface area contributed by atoms with Gasteiger partial charge in [0.1, 0.15) is 0 Å². The summed E-state index contributed by atoms with van der Waals surface area (Å²) >= 11 is -0.182. The van der Waals surface area contributed by atoms with Gasteiger partial charge in [0.25, 0.3) is 0 Å². The van der Waals surface area contributed by atoms with E-state index in [1.165, 1.54) is 52.1 Å². The first-order valence-electron chi connectivity index (χ1n) is 10.7. The molecule has 0 amide bonds. The van der Waals surface area contributed by atoms with Crippen molar-refractivity contribution in [3.05, 3.63) is 66.1 Å². The number of hydrogen-bond donors (Lipinski definition) is 0. The molecule has 1 fully saturated rings. The molecule has 146 valence electrons. The van der Waals surface area contributed by atoms with Gasteiger partial charge in [0.05, 0.1) is 0 Å². The monoisotopic (exact) mass is 434 g/mol. The summed E-state index contributed by atoms with van der Waals surface area (Å²) in [5, 5.41) is 2.83. The molecule has 2 aromatic heterocycles. The first-order chi connectivity index (χ1) is 13.7. The van der Waals surface area contributed by atoms with E-state index >= 15 is 0 Å². The predicted octanol–water partition coefficient (Wildman–Crippen LogP) is 5.11. The number of rotatable bonds is 6. The molecule has 0 bridgehead atoms.